The van der Waals surface area contributed by atoms with Crippen molar-refractivity contribution in [3.63, 3.8) is 0 Å². The number of sulfone groups is 1. The fourth-order valence-corrected chi connectivity index (χ4v) is 6.25. The number of nitrogens with one attached hydrogen (secondary N) is 1. The van der Waals surface area contributed by atoms with Crippen LogP contribution in [-0.2, 0) is 26.3 Å². The van der Waals surface area contributed by atoms with E-state index in [-0.39, 0.29) is 17.2 Å². The first-order chi connectivity index (χ1) is 15.8. The molecule has 2 aromatic carbocycles. The molecule has 7 nitrogen and oxygen atoms in total. The number of sulfonamides is 1. The smallest absolute Gasteiger partial charge is 0.211 e. The predicted molar refractivity (Wildman–Crippen MR) is 128 cm³/mol. The Hall–Kier alpha value is -2.75. The summed E-state index contributed by atoms with van der Waals surface area (Å²) in [5.41, 5.74) is 1.47. The quantitative estimate of drug-likeness (QED) is 0.418. The average Bonchev–Trinajstić information content (AvgIpc) is 2.81. The minimum absolute atomic E-state index is 0.0862. The van der Waals surface area contributed by atoms with E-state index in [9.17, 15) is 16.8 Å². The first-order valence-corrected chi connectivity index (χ1v) is 13.9. The molecular weight excluding hydrogens is 460 g/mol. The molecule has 0 spiro atoms. The fourth-order valence-electron chi connectivity index (χ4n) is 3.42. The maximum absolute atomic E-state index is 13.4. The van der Waals surface area contributed by atoms with Gasteiger partial charge in [-0.2, -0.15) is 0 Å². The number of nitrogens with zero attached hydrogens (tertiary/aromatic N) is 1. The molecule has 0 amide bonds. The molecule has 1 unspecified atom stereocenters. The monoisotopic (exact) mass is 488 g/mol. The molecule has 0 fully saturated rings. The summed E-state index contributed by atoms with van der Waals surface area (Å²) in [5, 5.41) is -1.12. The van der Waals surface area contributed by atoms with Crippen LogP contribution in [0.25, 0.3) is 0 Å². The molecule has 1 atom stereocenters. The van der Waals surface area contributed by atoms with Crippen molar-refractivity contribution in [1.82, 2.24) is 9.71 Å². The molecule has 3 aromatic rings. The Labute approximate surface area is 195 Å². The molecule has 33 heavy (non-hydrogen) atoms. The molecule has 9 heteroatoms. The van der Waals surface area contributed by atoms with Crippen molar-refractivity contribution in [1.29, 1.82) is 0 Å². The lowest BCUT2D eigenvalue weighted by Gasteiger charge is -2.19. The van der Waals surface area contributed by atoms with Crippen LogP contribution in [0.4, 0.5) is 0 Å². The van der Waals surface area contributed by atoms with Gasteiger partial charge in [-0.25, -0.2) is 21.6 Å². The van der Waals surface area contributed by atoms with Gasteiger partial charge >= 0.3 is 0 Å². The number of hydrogen-bond donors (Lipinski definition) is 1. The van der Waals surface area contributed by atoms with Crippen LogP contribution in [-0.4, -0.2) is 40.7 Å². The van der Waals surface area contributed by atoms with Crippen molar-refractivity contribution in [2.75, 3.05) is 18.9 Å². The van der Waals surface area contributed by atoms with E-state index in [4.69, 9.17) is 4.74 Å². The van der Waals surface area contributed by atoms with Crippen molar-refractivity contribution in [2.45, 2.75) is 29.9 Å². The van der Waals surface area contributed by atoms with Crippen LogP contribution in [0.1, 0.15) is 29.7 Å². The van der Waals surface area contributed by atoms with Gasteiger partial charge in [-0.1, -0.05) is 36.4 Å². The number of hydrogen-bond acceptors (Lipinski definition) is 6. The first-order valence-electron chi connectivity index (χ1n) is 10.7. The summed E-state index contributed by atoms with van der Waals surface area (Å²) < 4.78 is 59.9. The normalized spacial score (nSPS) is 12.9. The van der Waals surface area contributed by atoms with Gasteiger partial charge in [0.05, 0.1) is 17.3 Å². The Balaban J connectivity index is 1.74. The van der Waals surface area contributed by atoms with Crippen LogP contribution in [0, 0.1) is 0 Å². The molecule has 3 rings (SSSR count). The first kappa shape index (κ1) is 24.9. The number of pyridine rings is 1. The summed E-state index contributed by atoms with van der Waals surface area (Å²) in [4.78, 5) is 4.10. The molecule has 0 aliphatic rings. The lowest BCUT2D eigenvalue weighted by molar-refractivity contribution is 0.340. The third-order valence-electron chi connectivity index (χ3n) is 5.10. The Bertz CT molecular complexity index is 1210. The van der Waals surface area contributed by atoms with Crippen LogP contribution in [0.5, 0.6) is 5.75 Å². The van der Waals surface area contributed by atoms with Crippen LogP contribution in [0.3, 0.4) is 0 Å². The van der Waals surface area contributed by atoms with E-state index in [1.54, 1.807) is 24.3 Å². The van der Waals surface area contributed by atoms with Gasteiger partial charge in [-0.15, -0.1) is 0 Å². The zero-order valence-electron chi connectivity index (χ0n) is 18.4. The summed E-state index contributed by atoms with van der Waals surface area (Å²) in [7, 11) is -7.56. The number of benzene rings is 2. The zero-order chi connectivity index (χ0) is 23.7. The van der Waals surface area contributed by atoms with E-state index in [2.05, 4.69) is 9.71 Å². The zero-order valence-corrected chi connectivity index (χ0v) is 20.1. The Morgan fingerprint density at radius 1 is 0.939 bits per heavy atom. The highest BCUT2D eigenvalue weighted by Crippen LogP contribution is 2.29. The third-order valence-corrected chi connectivity index (χ3v) is 8.65. The Kier molecular flexibility index (Phi) is 8.60. The second kappa shape index (κ2) is 11.4. The minimum Gasteiger partial charge on any atom is -0.494 e. The summed E-state index contributed by atoms with van der Waals surface area (Å²) in [6, 6.07) is 19.0. The minimum atomic E-state index is -3.89. The topological polar surface area (TPSA) is 102 Å². The van der Waals surface area contributed by atoms with Gasteiger partial charge in [0.1, 0.15) is 11.0 Å². The van der Waals surface area contributed by atoms with Crippen molar-refractivity contribution < 1.29 is 21.6 Å². The van der Waals surface area contributed by atoms with Crippen molar-refractivity contribution in [3.8, 4) is 5.75 Å². The maximum Gasteiger partial charge on any atom is 0.211 e. The third kappa shape index (κ3) is 7.12. The average molecular weight is 489 g/mol. The molecule has 0 saturated heterocycles. The van der Waals surface area contributed by atoms with Gasteiger partial charge in [0, 0.05) is 18.9 Å². The molecule has 0 aliphatic heterocycles. The van der Waals surface area contributed by atoms with Crippen molar-refractivity contribution in [2.24, 2.45) is 0 Å². The summed E-state index contributed by atoms with van der Waals surface area (Å²) in [6.07, 6.45) is 4.04. The van der Waals surface area contributed by atoms with Gasteiger partial charge in [0.25, 0.3) is 0 Å². The predicted octanol–water partition coefficient (Wildman–Crippen LogP) is 3.55. The van der Waals surface area contributed by atoms with Crippen LogP contribution in [0.15, 0.2) is 84.0 Å². The lowest BCUT2D eigenvalue weighted by atomic mass is 10.1. The maximum atomic E-state index is 13.4. The summed E-state index contributed by atoms with van der Waals surface area (Å²) >= 11 is 0. The molecule has 1 heterocycles. The summed E-state index contributed by atoms with van der Waals surface area (Å²) in [6.45, 7) is 2.03. The highest BCUT2D eigenvalue weighted by molar-refractivity contribution is 7.92. The van der Waals surface area contributed by atoms with E-state index < -0.39 is 25.1 Å². The van der Waals surface area contributed by atoms with E-state index in [0.29, 0.717) is 30.8 Å². The molecule has 176 valence electrons. The fraction of sp³-hybridized carbons (Fsp3) is 0.292. The Morgan fingerprint density at radius 3 is 2.30 bits per heavy atom. The number of aryl methyl sites for hydroxylation is 1. The molecular formula is C24H28N2O5S2. The second-order valence-electron chi connectivity index (χ2n) is 7.48. The van der Waals surface area contributed by atoms with Gasteiger partial charge in [-0.3, -0.25) is 4.98 Å². The van der Waals surface area contributed by atoms with Crippen LogP contribution >= 0.6 is 0 Å². The van der Waals surface area contributed by atoms with Crippen molar-refractivity contribution in [3.05, 3.63) is 90.3 Å². The van der Waals surface area contributed by atoms with Gasteiger partial charge < -0.3 is 4.74 Å². The number of aromatic nitrogens is 1. The SMILES string of the molecule is CCOc1ccc(S(=O)(=O)C(CNS(=O)(=O)CCCc2ccccc2)c2cccnc2)cc1. The van der Waals surface area contributed by atoms with Crippen LogP contribution in [0.2, 0.25) is 0 Å². The number of ether oxygens (including phenoxy) is 1. The van der Waals surface area contributed by atoms with E-state index in [1.807, 2.05) is 37.3 Å². The molecule has 0 saturated carbocycles. The van der Waals surface area contributed by atoms with Crippen LogP contribution < -0.4 is 9.46 Å². The largest absolute Gasteiger partial charge is 0.494 e. The van der Waals surface area contributed by atoms with Gasteiger partial charge in [0.15, 0.2) is 9.84 Å². The standard InChI is InChI=1S/C24H28N2O5S2/c1-2-31-22-12-14-23(15-13-22)33(29,30)24(21-11-6-16-25-18-21)19-26-32(27,28)17-7-10-20-8-4-3-5-9-20/h3-6,8-9,11-16,18,24,26H,2,7,10,17,19H2,1H3. The number of rotatable bonds is 12. The highest BCUT2D eigenvalue weighted by Gasteiger charge is 2.30. The lowest BCUT2D eigenvalue weighted by Crippen LogP contribution is -2.33. The Morgan fingerprint density at radius 2 is 1.67 bits per heavy atom. The highest BCUT2D eigenvalue weighted by atomic mass is 32.2. The van der Waals surface area contributed by atoms with E-state index >= 15 is 0 Å². The summed E-state index contributed by atoms with van der Waals surface area (Å²) in [5.74, 6) is 0.471. The molecule has 0 radical (unpaired) electrons. The van der Waals surface area contributed by atoms with E-state index in [1.165, 1.54) is 24.5 Å². The van der Waals surface area contributed by atoms with E-state index in [0.717, 1.165) is 5.56 Å². The molecule has 0 bridgehead atoms. The molecule has 1 N–H and O–H groups in total. The van der Waals surface area contributed by atoms with Gasteiger partial charge in [0.2, 0.25) is 10.0 Å². The van der Waals surface area contributed by atoms with Gasteiger partial charge in [-0.05, 0) is 61.2 Å². The second-order valence-corrected chi connectivity index (χ2v) is 11.5. The molecule has 1 aromatic heterocycles. The van der Waals surface area contributed by atoms with Crippen molar-refractivity contribution >= 4 is 19.9 Å². The molecule has 0 aliphatic carbocycles.